The van der Waals surface area contributed by atoms with Gasteiger partial charge in [-0.1, -0.05) is 18.2 Å². The normalized spacial score (nSPS) is 12.1. The Balaban J connectivity index is 1.85. The molecule has 0 aliphatic carbocycles. The summed E-state index contributed by atoms with van der Waals surface area (Å²) >= 11 is 0. The third kappa shape index (κ3) is 4.05. The standard InChI is InChI=1S/C15H18N2O2/c1-19-14-7-4-5-12(9-14)15(18)11-16-10-13-6-2-3-8-17-13/h2-9,15-16,18H,10-11H2,1H3. The highest BCUT2D eigenvalue weighted by Crippen LogP contribution is 2.18. The number of methoxy groups -OCH3 is 1. The molecule has 2 aromatic rings. The molecule has 0 fully saturated rings. The van der Waals surface area contributed by atoms with Gasteiger partial charge in [-0.3, -0.25) is 4.98 Å². The van der Waals surface area contributed by atoms with Crippen LogP contribution in [0.1, 0.15) is 17.4 Å². The number of rotatable bonds is 6. The molecule has 2 N–H and O–H groups in total. The fourth-order valence-corrected chi connectivity index (χ4v) is 1.81. The average molecular weight is 258 g/mol. The van der Waals surface area contributed by atoms with Gasteiger partial charge in [-0.25, -0.2) is 0 Å². The Morgan fingerprint density at radius 1 is 1.26 bits per heavy atom. The Morgan fingerprint density at radius 3 is 2.89 bits per heavy atom. The summed E-state index contributed by atoms with van der Waals surface area (Å²) in [5, 5.41) is 13.3. The lowest BCUT2D eigenvalue weighted by Gasteiger charge is -2.13. The second-order valence-electron chi connectivity index (χ2n) is 4.24. The molecule has 0 amide bonds. The zero-order valence-electron chi connectivity index (χ0n) is 10.9. The Morgan fingerprint density at radius 2 is 2.16 bits per heavy atom. The van der Waals surface area contributed by atoms with E-state index in [0.717, 1.165) is 17.0 Å². The van der Waals surface area contributed by atoms with Gasteiger partial charge < -0.3 is 15.2 Å². The van der Waals surface area contributed by atoms with Crippen molar-refractivity contribution in [3.63, 3.8) is 0 Å². The highest BCUT2D eigenvalue weighted by Gasteiger charge is 2.07. The number of ether oxygens (including phenoxy) is 1. The second-order valence-corrected chi connectivity index (χ2v) is 4.24. The molecule has 0 radical (unpaired) electrons. The Hall–Kier alpha value is -1.91. The maximum absolute atomic E-state index is 10.1. The van der Waals surface area contributed by atoms with E-state index in [1.165, 1.54) is 0 Å². The molecule has 4 nitrogen and oxygen atoms in total. The number of pyridine rings is 1. The lowest BCUT2D eigenvalue weighted by molar-refractivity contribution is 0.174. The van der Waals surface area contributed by atoms with E-state index in [2.05, 4.69) is 10.3 Å². The van der Waals surface area contributed by atoms with Crippen molar-refractivity contribution in [2.75, 3.05) is 13.7 Å². The molecular weight excluding hydrogens is 240 g/mol. The van der Waals surface area contributed by atoms with Crippen molar-refractivity contribution < 1.29 is 9.84 Å². The van der Waals surface area contributed by atoms with Gasteiger partial charge in [0.05, 0.1) is 18.9 Å². The zero-order chi connectivity index (χ0) is 13.5. The third-order valence-electron chi connectivity index (χ3n) is 2.85. The summed E-state index contributed by atoms with van der Waals surface area (Å²) in [5.41, 5.74) is 1.80. The number of hydrogen-bond acceptors (Lipinski definition) is 4. The third-order valence-corrected chi connectivity index (χ3v) is 2.85. The van der Waals surface area contributed by atoms with Crippen LogP contribution in [-0.2, 0) is 6.54 Å². The van der Waals surface area contributed by atoms with Crippen LogP contribution < -0.4 is 10.1 Å². The highest BCUT2D eigenvalue weighted by atomic mass is 16.5. The molecule has 0 aliphatic heterocycles. The van der Waals surface area contributed by atoms with Gasteiger partial charge in [0.1, 0.15) is 5.75 Å². The van der Waals surface area contributed by atoms with Crippen LogP contribution >= 0.6 is 0 Å². The lowest BCUT2D eigenvalue weighted by atomic mass is 10.1. The first-order chi connectivity index (χ1) is 9.29. The molecule has 100 valence electrons. The summed E-state index contributed by atoms with van der Waals surface area (Å²) in [6, 6.07) is 13.2. The second kappa shape index (κ2) is 6.87. The van der Waals surface area contributed by atoms with E-state index >= 15 is 0 Å². The average Bonchev–Trinajstić information content (AvgIpc) is 2.48. The van der Waals surface area contributed by atoms with Crippen molar-refractivity contribution in [2.45, 2.75) is 12.6 Å². The SMILES string of the molecule is COc1cccc(C(O)CNCc2ccccn2)c1. The molecule has 1 atom stereocenters. The first-order valence-corrected chi connectivity index (χ1v) is 6.22. The minimum Gasteiger partial charge on any atom is -0.497 e. The van der Waals surface area contributed by atoms with Gasteiger partial charge in [0.25, 0.3) is 0 Å². The first kappa shape index (κ1) is 13.5. The number of nitrogens with one attached hydrogen (secondary N) is 1. The molecule has 19 heavy (non-hydrogen) atoms. The minimum absolute atomic E-state index is 0.476. The largest absolute Gasteiger partial charge is 0.497 e. The van der Waals surface area contributed by atoms with Gasteiger partial charge in [0.2, 0.25) is 0 Å². The molecule has 1 aromatic heterocycles. The maximum atomic E-state index is 10.1. The summed E-state index contributed by atoms with van der Waals surface area (Å²) in [5.74, 6) is 0.751. The maximum Gasteiger partial charge on any atom is 0.119 e. The quantitative estimate of drug-likeness (QED) is 0.831. The van der Waals surface area contributed by atoms with Gasteiger partial charge >= 0.3 is 0 Å². The molecule has 1 heterocycles. The monoisotopic (exact) mass is 258 g/mol. The van der Waals surface area contributed by atoms with Crippen molar-refractivity contribution in [3.05, 3.63) is 59.9 Å². The molecule has 4 heteroatoms. The smallest absolute Gasteiger partial charge is 0.119 e. The fraction of sp³-hybridized carbons (Fsp3) is 0.267. The molecule has 1 aromatic carbocycles. The van der Waals surface area contributed by atoms with Gasteiger partial charge in [-0.2, -0.15) is 0 Å². The summed E-state index contributed by atoms with van der Waals surface area (Å²) in [4.78, 5) is 4.21. The molecule has 0 saturated carbocycles. The molecular formula is C15H18N2O2. The Labute approximate surface area is 113 Å². The van der Waals surface area contributed by atoms with Crippen molar-refractivity contribution in [1.82, 2.24) is 10.3 Å². The van der Waals surface area contributed by atoms with E-state index in [-0.39, 0.29) is 0 Å². The Bertz CT molecular complexity index is 503. The van der Waals surface area contributed by atoms with Crippen molar-refractivity contribution >= 4 is 0 Å². The van der Waals surface area contributed by atoms with Gasteiger partial charge in [-0.05, 0) is 29.8 Å². The van der Waals surface area contributed by atoms with Crippen LogP contribution in [-0.4, -0.2) is 23.7 Å². The van der Waals surface area contributed by atoms with Crippen molar-refractivity contribution in [3.8, 4) is 5.75 Å². The van der Waals surface area contributed by atoms with Gasteiger partial charge in [-0.15, -0.1) is 0 Å². The Kier molecular flexibility index (Phi) is 4.89. The topological polar surface area (TPSA) is 54.4 Å². The van der Waals surface area contributed by atoms with E-state index in [9.17, 15) is 5.11 Å². The molecule has 0 saturated heterocycles. The summed E-state index contributed by atoms with van der Waals surface area (Å²) in [6.45, 7) is 1.12. The minimum atomic E-state index is -0.557. The van der Waals surface area contributed by atoms with E-state index in [1.807, 2.05) is 42.5 Å². The molecule has 1 unspecified atom stereocenters. The summed E-state index contributed by atoms with van der Waals surface area (Å²) < 4.78 is 5.14. The number of benzene rings is 1. The number of nitrogens with zero attached hydrogens (tertiary/aromatic N) is 1. The van der Waals surface area contributed by atoms with Gasteiger partial charge in [0.15, 0.2) is 0 Å². The predicted molar refractivity (Wildman–Crippen MR) is 73.9 cm³/mol. The molecule has 2 rings (SSSR count). The van der Waals surface area contributed by atoms with Crippen LogP contribution in [0.4, 0.5) is 0 Å². The first-order valence-electron chi connectivity index (χ1n) is 6.22. The fourth-order valence-electron chi connectivity index (χ4n) is 1.81. The van der Waals surface area contributed by atoms with E-state index in [4.69, 9.17) is 4.74 Å². The van der Waals surface area contributed by atoms with Crippen LogP contribution in [0.3, 0.4) is 0 Å². The van der Waals surface area contributed by atoms with E-state index in [0.29, 0.717) is 13.1 Å². The predicted octanol–water partition coefficient (Wildman–Crippen LogP) is 1.91. The van der Waals surface area contributed by atoms with Crippen LogP contribution in [0.25, 0.3) is 0 Å². The lowest BCUT2D eigenvalue weighted by Crippen LogP contribution is -2.21. The number of hydrogen-bond donors (Lipinski definition) is 2. The van der Waals surface area contributed by atoms with Crippen LogP contribution in [0, 0.1) is 0 Å². The van der Waals surface area contributed by atoms with E-state index < -0.39 is 6.10 Å². The molecule has 0 aliphatic rings. The zero-order valence-corrected chi connectivity index (χ0v) is 10.9. The van der Waals surface area contributed by atoms with Crippen LogP contribution in [0.5, 0.6) is 5.75 Å². The van der Waals surface area contributed by atoms with Crippen LogP contribution in [0.2, 0.25) is 0 Å². The number of aromatic nitrogens is 1. The van der Waals surface area contributed by atoms with Gasteiger partial charge in [0, 0.05) is 19.3 Å². The number of aliphatic hydroxyl groups is 1. The summed E-state index contributed by atoms with van der Waals surface area (Å²) in [7, 11) is 1.62. The highest BCUT2D eigenvalue weighted by molar-refractivity contribution is 5.29. The van der Waals surface area contributed by atoms with Crippen molar-refractivity contribution in [2.24, 2.45) is 0 Å². The number of aliphatic hydroxyl groups excluding tert-OH is 1. The van der Waals surface area contributed by atoms with Crippen LogP contribution in [0.15, 0.2) is 48.7 Å². The summed E-state index contributed by atoms with van der Waals surface area (Å²) in [6.07, 6.45) is 1.20. The van der Waals surface area contributed by atoms with Crippen molar-refractivity contribution in [1.29, 1.82) is 0 Å². The molecule has 0 spiro atoms. The molecule has 0 bridgehead atoms. The van der Waals surface area contributed by atoms with E-state index in [1.54, 1.807) is 13.3 Å².